The van der Waals surface area contributed by atoms with E-state index in [4.69, 9.17) is 5.73 Å². The smallest absolute Gasteiger partial charge is 0.145 e. The molecule has 0 amide bonds. The molecule has 2 aromatic rings. The van der Waals surface area contributed by atoms with Gasteiger partial charge in [-0.05, 0) is 48.9 Å². The molecule has 1 aliphatic carbocycles. The van der Waals surface area contributed by atoms with Crippen LogP contribution in [0.25, 0.3) is 11.3 Å². The van der Waals surface area contributed by atoms with E-state index in [0.29, 0.717) is 11.6 Å². The number of rotatable bonds is 1. The minimum Gasteiger partial charge on any atom is -0.508 e. The third-order valence-electron chi connectivity index (χ3n) is 3.40. The third kappa shape index (κ3) is 1.65. The van der Waals surface area contributed by atoms with Crippen LogP contribution in [0.5, 0.6) is 5.75 Å². The first-order valence-corrected chi connectivity index (χ1v) is 5.90. The van der Waals surface area contributed by atoms with Gasteiger partial charge in [0, 0.05) is 11.6 Å². The molecular weight excluding hydrogens is 214 g/mol. The van der Waals surface area contributed by atoms with Crippen molar-refractivity contribution in [2.75, 3.05) is 5.73 Å². The first-order valence-electron chi connectivity index (χ1n) is 5.90. The number of anilines is 1. The van der Waals surface area contributed by atoms with Crippen molar-refractivity contribution >= 4 is 5.82 Å². The third-order valence-corrected chi connectivity index (χ3v) is 3.40. The van der Waals surface area contributed by atoms with Crippen molar-refractivity contribution in [1.29, 1.82) is 0 Å². The molecule has 1 aromatic heterocycles. The number of fused-ring (bicyclic) bond motifs is 1. The van der Waals surface area contributed by atoms with Crippen LogP contribution < -0.4 is 5.73 Å². The number of H-pyrrole nitrogens is 1. The lowest BCUT2D eigenvalue weighted by atomic mass is 9.86. The van der Waals surface area contributed by atoms with E-state index in [-0.39, 0.29) is 0 Å². The topological polar surface area (TPSA) is 74.9 Å². The molecule has 4 heteroatoms. The molecule has 0 bridgehead atoms. The summed E-state index contributed by atoms with van der Waals surface area (Å²) in [5.74, 6) is 0.911. The van der Waals surface area contributed by atoms with Crippen LogP contribution in [0.1, 0.15) is 24.0 Å². The number of hydrogen-bond acceptors (Lipinski definition) is 3. The van der Waals surface area contributed by atoms with Crippen molar-refractivity contribution in [3.63, 3.8) is 0 Å². The molecule has 0 unspecified atom stereocenters. The van der Waals surface area contributed by atoms with Crippen LogP contribution in [0.3, 0.4) is 0 Å². The van der Waals surface area contributed by atoms with Crippen molar-refractivity contribution in [2.45, 2.75) is 25.7 Å². The Morgan fingerprint density at radius 2 is 1.94 bits per heavy atom. The summed E-state index contributed by atoms with van der Waals surface area (Å²) in [5.41, 5.74) is 10.00. The van der Waals surface area contributed by atoms with E-state index in [1.807, 2.05) is 12.1 Å². The van der Waals surface area contributed by atoms with Gasteiger partial charge < -0.3 is 10.8 Å². The van der Waals surface area contributed by atoms with Crippen LogP contribution in [-0.2, 0) is 12.8 Å². The minimum absolute atomic E-state index is 0.413. The maximum absolute atomic E-state index is 9.88. The number of aromatic amines is 1. The van der Waals surface area contributed by atoms with E-state index in [2.05, 4.69) is 10.2 Å². The Kier molecular flexibility index (Phi) is 2.28. The lowest BCUT2D eigenvalue weighted by molar-refractivity contribution is 0.462. The molecule has 3 rings (SSSR count). The van der Waals surface area contributed by atoms with Gasteiger partial charge in [0.1, 0.15) is 11.6 Å². The van der Waals surface area contributed by atoms with E-state index >= 15 is 0 Å². The average Bonchev–Trinajstić information content (AvgIpc) is 2.77. The number of aromatic hydroxyl groups is 1. The van der Waals surface area contributed by atoms with E-state index in [1.54, 1.807) is 6.07 Å². The lowest BCUT2D eigenvalue weighted by Gasteiger charge is -2.19. The molecule has 1 heterocycles. The van der Waals surface area contributed by atoms with E-state index in [9.17, 15) is 5.11 Å². The zero-order valence-electron chi connectivity index (χ0n) is 9.53. The number of phenols is 1. The number of nitrogens with one attached hydrogen (secondary N) is 1. The van der Waals surface area contributed by atoms with Crippen molar-refractivity contribution in [3.05, 3.63) is 29.3 Å². The fourth-order valence-electron chi connectivity index (χ4n) is 2.58. The van der Waals surface area contributed by atoms with Crippen molar-refractivity contribution in [2.24, 2.45) is 0 Å². The Labute approximate surface area is 99.5 Å². The number of phenolic OH excluding ortho intramolecular Hbond substituents is 1. The molecule has 4 nitrogen and oxygen atoms in total. The monoisotopic (exact) mass is 229 g/mol. The first kappa shape index (κ1) is 10.2. The molecule has 0 saturated heterocycles. The van der Waals surface area contributed by atoms with Crippen molar-refractivity contribution < 1.29 is 5.11 Å². The van der Waals surface area contributed by atoms with Gasteiger partial charge in [0.05, 0.1) is 5.69 Å². The zero-order valence-corrected chi connectivity index (χ0v) is 9.53. The van der Waals surface area contributed by atoms with Crippen LogP contribution in [0.2, 0.25) is 0 Å². The van der Waals surface area contributed by atoms with Gasteiger partial charge >= 0.3 is 0 Å². The molecule has 0 saturated carbocycles. The summed E-state index contributed by atoms with van der Waals surface area (Å²) in [6.07, 6.45) is 4.29. The molecule has 0 spiro atoms. The van der Waals surface area contributed by atoms with Crippen LogP contribution in [0.15, 0.2) is 18.2 Å². The van der Waals surface area contributed by atoms with Crippen LogP contribution >= 0.6 is 0 Å². The first-order chi connectivity index (χ1) is 8.25. The molecule has 1 aliphatic rings. The number of nitrogen functional groups attached to an aromatic ring is 1. The van der Waals surface area contributed by atoms with Gasteiger partial charge in [-0.1, -0.05) is 0 Å². The van der Waals surface area contributed by atoms with E-state index in [0.717, 1.165) is 36.1 Å². The van der Waals surface area contributed by atoms with E-state index < -0.39 is 0 Å². The number of hydrogen-bond donors (Lipinski definition) is 3. The summed E-state index contributed by atoms with van der Waals surface area (Å²) in [4.78, 5) is 0. The Balaban J connectivity index is 2.17. The van der Waals surface area contributed by atoms with Crippen molar-refractivity contribution in [1.82, 2.24) is 10.2 Å². The summed E-state index contributed by atoms with van der Waals surface area (Å²) in [6.45, 7) is 0. The standard InChI is InChI=1S/C13H15N3O/c14-13-7-11(15-16-13)9-5-6-12(17)10-4-2-1-3-8(9)10/h5-7,17H,1-4H2,(H3,14,15,16). The molecule has 1 aromatic carbocycles. The molecule has 4 N–H and O–H groups in total. The Bertz CT molecular complexity index is 560. The van der Waals surface area contributed by atoms with Gasteiger partial charge in [0.25, 0.3) is 0 Å². The SMILES string of the molecule is Nc1cc(-c2ccc(O)c3c2CCCC3)[nH]n1. The fraction of sp³-hybridized carbons (Fsp3) is 0.308. The lowest BCUT2D eigenvalue weighted by Crippen LogP contribution is -2.05. The molecule has 0 radical (unpaired) electrons. The second-order valence-electron chi connectivity index (χ2n) is 4.50. The largest absolute Gasteiger partial charge is 0.508 e. The maximum atomic E-state index is 9.88. The molecule has 88 valence electrons. The van der Waals surface area contributed by atoms with Crippen LogP contribution in [0.4, 0.5) is 5.82 Å². The minimum atomic E-state index is 0.413. The molecular formula is C13H15N3O. The summed E-state index contributed by atoms with van der Waals surface area (Å²) in [7, 11) is 0. The van der Waals surface area contributed by atoms with Gasteiger partial charge in [-0.3, -0.25) is 5.10 Å². The second kappa shape index (κ2) is 3.80. The molecule has 0 atom stereocenters. The van der Waals surface area contributed by atoms with E-state index in [1.165, 1.54) is 12.0 Å². The Morgan fingerprint density at radius 3 is 2.65 bits per heavy atom. The summed E-state index contributed by atoms with van der Waals surface area (Å²) in [6, 6.07) is 5.53. The summed E-state index contributed by atoms with van der Waals surface area (Å²) >= 11 is 0. The number of nitrogens with zero attached hydrogens (tertiary/aromatic N) is 1. The predicted octanol–water partition coefficient (Wildman–Crippen LogP) is 2.24. The highest BCUT2D eigenvalue weighted by molar-refractivity contribution is 5.69. The van der Waals surface area contributed by atoms with Crippen molar-refractivity contribution in [3.8, 4) is 17.0 Å². The fourth-order valence-corrected chi connectivity index (χ4v) is 2.58. The van der Waals surface area contributed by atoms with Gasteiger partial charge in [-0.2, -0.15) is 5.10 Å². The second-order valence-corrected chi connectivity index (χ2v) is 4.50. The quantitative estimate of drug-likeness (QED) is 0.702. The summed E-state index contributed by atoms with van der Waals surface area (Å²) < 4.78 is 0. The van der Waals surface area contributed by atoms with Crippen LogP contribution in [-0.4, -0.2) is 15.3 Å². The predicted molar refractivity (Wildman–Crippen MR) is 66.7 cm³/mol. The highest BCUT2D eigenvalue weighted by Crippen LogP contribution is 2.35. The maximum Gasteiger partial charge on any atom is 0.145 e. The highest BCUT2D eigenvalue weighted by Gasteiger charge is 2.18. The summed E-state index contributed by atoms with van der Waals surface area (Å²) in [5, 5.41) is 16.8. The zero-order chi connectivity index (χ0) is 11.8. The molecule has 0 aliphatic heterocycles. The van der Waals surface area contributed by atoms with Gasteiger partial charge in [0.15, 0.2) is 0 Å². The number of aromatic nitrogens is 2. The molecule has 17 heavy (non-hydrogen) atoms. The normalized spacial score (nSPS) is 14.6. The Hall–Kier alpha value is -1.97. The number of nitrogens with two attached hydrogens (primary N) is 1. The van der Waals surface area contributed by atoms with Gasteiger partial charge in [0.2, 0.25) is 0 Å². The average molecular weight is 229 g/mol. The number of benzene rings is 1. The highest BCUT2D eigenvalue weighted by atomic mass is 16.3. The van der Waals surface area contributed by atoms with Crippen LogP contribution in [0, 0.1) is 0 Å². The Morgan fingerprint density at radius 1 is 1.18 bits per heavy atom. The van der Waals surface area contributed by atoms with Gasteiger partial charge in [-0.15, -0.1) is 0 Å². The molecule has 0 fully saturated rings. The van der Waals surface area contributed by atoms with Gasteiger partial charge in [-0.25, -0.2) is 0 Å².